The predicted molar refractivity (Wildman–Crippen MR) is 81.5 cm³/mol. The summed E-state index contributed by atoms with van der Waals surface area (Å²) in [6, 6.07) is 0.755. The Balaban J connectivity index is 4.46. The lowest BCUT2D eigenvalue weighted by Crippen LogP contribution is -2.48. The fourth-order valence-electron chi connectivity index (χ4n) is 1.66. The largest absolute Gasteiger partial charge is 0.504 e. The van der Waals surface area contributed by atoms with E-state index in [2.05, 4.69) is 20.8 Å². The first-order valence-corrected chi connectivity index (χ1v) is 9.62. The Labute approximate surface area is 125 Å². The molecule has 0 aromatic carbocycles. The zero-order valence-electron chi connectivity index (χ0n) is 13.8. The fourth-order valence-corrected chi connectivity index (χ4v) is 3.59. The van der Waals surface area contributed by atoms with Crippen LogP contribution in [0.5, 0.6) is 0 Å². The van der Waals surface area contributed by atoms with E-state index in [0.29, 0.717) is 13.2 Å². The predicted octanol–water partition coefficient (Wildman–Crippen LogP) is 3.56. The first-order chi connectivity index (χ1) is 9.67. The van der Waals surface area contributed by atoms with Crippen molar-refractivity contribution in [2.45, 2.75) is 65.4 Å². The molecule has 0 fully saturated rings. The molecule has 122 valence electrons. The van der Waals surface area contributed by atoms with Gasteiger partial charge < -0.3 is 22.8 Å². The lowest BCUT2D eigenvalue weighted by molar-refractivity contribution is -0.265. The van der Waals surface area contributed by atoms with Crippen LogP contribution in [0.4, 0.5) is 0 Å². The van der Waals surface area contributed by atoms with Gasteiger partial charge in [0.25, 0.3) is 6.48 Å². The molecule has 0 aromatic heterocycles. The molecule has 0 aliphatic rings. The summed E-state index contributed by atoms with van der Waals surface area (Å²) in [5.74, 6) is 0. The summed E-state index contributed by atoms with van der Waals surface area (Å²) >= 11 is 0. The lowest BCUT2D eigenvalue weighted by atomic mass is 10.4. The van der Waals surface area contributed by atoms with Gasteiger partial charge in [-0.1, -0.05) is 40.0 Å². The van der Waals surface area contributed by atoms with Crippen molar-refractivity contribution < 1.29 is 22.8 Å². The highest BCUT2D eigenvalue weighted by Gasteiger charge is 2.41. The third-order valence-corrected chi connectivity index (χ3v) is 5.87. The maximum atomic E-state index is 5.92. The van der Waals surface area contributed by atoms with Gasteiger partial charge in [-0.25, -0.2) is 0 Å². The molecule has 5 nitrogen and oxygen atoms in total. The van der Waals surface area contributed by atoms with Crippen molar-refractivity contribution in [2.24, 2.45) is 0 Å². The number of ether oxygens (including phenoxy) is 2. The second-order valence-corrected chi connectivity index (χ2v) is 7.61. The minimum atomic E-state index is -2.68. The van der Waals surface area contributed by atoms with Crippen LogP contribution in [0.2, 0.25) is 6.04 Å². The van der Waals surface area contributed by atoms with E-state index in [1.54, 1.807) is 14.2 Å². The second-order valence-electron chi connectivity index (χ2n) is 4.70. The van der Waals surface area contributed by atoms with Gasteiger partial charge in [-0.2, -0.15) is 0 Å². The van der Waals surface area contributed by atoms with Gasteiger partial charge in [0.05, 0.1) is 13.2 Å². The van der Waals surface area contributed by atoms with E-state index in [4.69, 9.17) is 22.8 Å². The Hall–Kier alpha value is 0.0169. The smallest absolute Gasteiger partial charge is 0.377 e. The van der Waals surface area contributed by atoms with E-state index in [1.807, 2.05) is 0 Å². The first kappa shape index (κ1) is 20.0. The summed E-state index contributed by atoms with van der Waals surface area (Å²) in [6.45, 7) is 6.88. The molecule has 0 N–H and O–H groups in total. The molecule has 0 atom stereocenters. The van der Waals surface area contributed by atoms with Gasteiger partial charge in [0.2, 0.25) is 0 Å². The van der Waals surface area contributed by atoms with Crippen LogP contribution in [-0.2, 0) is 22.8 Å². The minimum Gasteiger partial charge on any atom is -0.377 e. The van der Waals surface area contributed by atoms with Crippen LogP contribution >= 0.6 is 0 Å². The molecule has 0 heterocycles. The van der Waals surface area contributed by atoms with E-state index >= 15 is 0 Å². The van der Waals surface area contributed by atoms with E-state index in [-0.39, 0.29) is 0 Å². The summed E-state index contributed by atoms with van der Waals surface area (Å²) in [4.78, 5) is 0. The quantitative estimate of drug-likeness (QED) is 0.279. The molecule has 0 saturated heterocycles. The molecule has 0 spiro atoms. The molecule has 20 heavy (non-hydrogen) atoms. The summed E-state index contributed by atoms with van der Waals surface area (Å²) in [7, 11) is 0.574. The third-order valence-electron chi connectivity index (χ3n) is 2.96. The average molecular weight is 308 g/mol. The lowest BCUT2D eigenvalue weighted by Gasteiger charge is -2.30. The summed E-state index contributed by atoms with van der Waals surface area (Å²) in [6.07, 6.45) is 5.06. The van der Waals surface area contributed by atoms with Crippen molar-refractivity contribution in [1.82, 2.24) is 0 Å². The molecule has 0 radical (unpaired) electrons. The zero-order chi connectivity index (χ0) is 15.3. The van der Waals surface area contributed by atoms with E-state index in [9.17, 15) is 0 Å². The van der Waals surface area contributed by atoms with Crippen LogP contribution in [0.25, 0.3) is 0 Å². The van der Waals surface area contributed by atoms with Gasteiger partial charge in [-0.05, 0) is 12.8 Å². The van der Waals surface area contributed by atoms with Crippen molar-refractivity contribution >= 4 is 8.80 Å². The minimum absolute atomic E-state index is 0.622. The van der Waals surface area contributed by atoms with E-state index < -0.39 is 15.3 Å². The average Bonchev–Trinajstić information content (AvgIpc) is 2.47. The molecule has 0 saturated carbocycles. The number of hydrogen-bond acceptors (Lipinski definition) is 5. The van der Waals surface area contributed by atoms with Gasteiger partial charge in [-0.3, -0.25) is 0 Å². The monoisotopic (exact) mass is 308 g/mol. The first-order valence-electron chi connectivity index (χ1n) is 7.69. The topological polar surface area (TPSA) is 46.2 Å². The molecular formula is C14H32O5Si. The Kier molecular flexibility index (Phi) is 12.7. The van der Waals surface area contributed by atoms with Gasteiger partial charge in [0.15, 0.2) is 0 Å². The molecule has 0 bridgehead atoms. The molecule has 0 aliphatic heterocycles. The standard InChI is InChI=1S/C14H32O5Si/c1-6-9-11-17-14(18-12-10-7-2)19-20(15-4,16-5)13-8-3/h14H,6-13H2,1-5H3. The van der Waals surface area contributed by atoms with Crippen LogP contribution in [0.3, 0.4) is 0 Å². The van der Waals surface area contributed by atoms with Crippen LogP contribution in [-0.4, -0.2) is 42.7 Å². The highest BCUT2D eigenvalue weighted by atomic mass is 28.4. The van der Waals surface area contributed by atoms with Crippen molar-refractivity contribution in [3.8, 4) is 0 Å². The van der Waals surface area contributed by atoms with E-state index in [0.717, 1.165) is 38.1 Å². The Morgan fingerprint density at radius 2 is 1.30 bits per heavy atom. The normalized spacial score (nSPS) is 12.3. The molecule has 0 amide bonds. The second kappa shape index (κ2) is 12.7. The highest BCUT2D eigenvalue weighted by molar-refractivity contribution is 6.60. The molecule has 0 aromatic rings. The SMILES string of the molecule is CCCCOC(OCCCC)O[Si](CCC)(OC)OC. The van der Waals surface area contributed by atoms with Crippen LogP contribution < -0.4 is 0 Å². The Morgan fingerprint density at radius 1 is 0.800 bits per heavy atom. The summed E-state index contributed by atoms with van der Waals surface area (Å²) < 4.78 is 28.3. The summed E-state index contributed by atoms with van der Waals surface area (Å²) in [5, 5.41) is 0. The molecular weight excluding hydrogens is 276 g/mol. The van der Waals surface area contributed by atoms with Crippen molar-refractivity contribution in [2.75, 3.05) is 27.4 Å². The van der Waals surface area contributed by atoms with Crippen molar-refractivity contribution in [1.29, 1.82) is 0 Å². The maximum Gasteiger partial charge on any atom is 0.504 e. The van der Waals surface area contributed by atoms with Crippen molar-refractivity contribution in [3.63, 3.8) is 0 Å². The van der Waals surface area contributed by atoms with Crippen LogP contribution in [0.1, 0.15) is 52.9 Å². The van der Waals surface area contributed by atoms with E-state index in [1.165, 1.54) is 0 Å². The number of rotatable bonds is 14. The third kappa shape index (κ3) is 8.34. The van der Waals surface area contributed by atoms with Crippen LogP contribution in [0, 0.1) is 0 Å². The Bertz CT molecular complexity index is 202. The van der Waals surface area contributed by atoms with Gasteiger partial charge >= 0.3 is 8.80 Å². The van der Waals surface area contributed by atoms with Gasteiger partial charge in [-0.15, -0.1) is 0 Å². The molecule has 0 rings (SSSR count). The maximum absolute atomic E-state index is 5.92. The van der Waals surface area contributed by atoms with Crippen LogP contribution in [0.15, 0.2) is 0 Å². The highest BCUT2D eigenvalue weighted by Crippen LogP contribution is 2.19. The zero-order valence-corrected chi connectivity index (χ0v) is 14.8. The van der Waals surface area contributed by atoms with Gasteiger partial charge in [0, 0.05) is 20.3 Å². The number of unbranched alkanes of at least 4 members (excludes halogenated alkanes) is 2. The van der Waals surface area contributed by atoms with Gasteiger partial charge in [0.1, 0.15) is 0 Å². The fraction of sp³-hybridized carbons (Fsp3) is 1.00. The number of hydrogen-bond donors (Lipinski definition) is 0. The summed E-state index contributed by atoms with van der Waals surface area (Å²) in [5.41, 5.74) is 0. The molecule has 0 aliphatic carbocycles. The molecule has 6 heteroatoms. The van der Waals surface area contributed by atoms with Crippen molar-refractivity contribution in [3.05, 3.63) is 0 Å². The Morgan fingerprint density at radius 3 is 1.65 bits per heavy atom. The molecule has 0 unspecified atom stereocenters.